The molecule has 2 aromatic heterocycles. The average molecular weight is 352 g/mol. The number of nitrogens with zero attached hydrogens (tertiary/aromatic N) is 2. The van der Waals surface area contributed by atoms with E-state index >= 15 is 0 Å². The van der Waals surface area contributed by atoms with Crippen LogP contribution in [0.1, 0.15) is 42.6 Å². The fourth-order valence-corrected chi connectivity index (χ4v) is 2.91. The van der Waals surface area contributed by atoms with Gasteiger partial charge in [0, 0.05) is 25.4 Å². The number of furan rings is 1. The van der Waals surface area contributed by atoms with Gasteiger partial charge in [0.15, 0.2) is 4.67 Å². The topological polar surface area (TPSA) is 62.1 Å². The van der Waals surface area contributed by atoms with E-state index in [4.69, 9.17) is 4.42 Å². The Bertz CT molecular complexity index is 705. The van der Waals surface area contributed by atoms with Gasteiger partial charge in [-0.05, 0) is 28.1 Å². The number of H-pyrrole nitrogens is 1. The maximum atomic E-state index is 12.2. The van der Waals surface area contributed by atoms with Crippen LogP contribution in [0.2, 0.25) is 0 Å². The summed E-state index contributed by atoms with van der Waals surface area (Å²) in [4.78, 5) is 22.0. The molecule has 0 saturated heterocycles. The zero-order chi connectivity index (χ0) is 15.0. The van der Waals surface area contributed by atoms with Gasteiger partial charge >= 0.3 is 0 Å². The first-order valence-electron chi connectivity index (χ1n) is 7.11. The van der Waals surface area contributed by atoms with Crippen molar-refractivity contribution in [3.8, 4) is 0 Å². The second-order valence-corrected chi connectivity index (χ2v) is 6.48. The maximum absolute atomic E-state index is 12.2. The van der Waals surface area contributed by atoms with Crippen molar-refractivity contribution in [2.45, 2.75) is 39.3 Å². The summed E-state index contributed by atoms with van der Waals surface area (Å²) < 4.78 is 6.26. The van der Waals surface area contributed by atoms with E-state index in [2.05, 4.69) is 30.8 Å². The highest BCUT2D eigenvalue weighted by molar-refractivity contribution is 9.10. The molecule has 0 unspecified atom stereocenters. The van der Waals surface area contributed by atoms with Gasteiger partial charge in [0.25, 0.3) is 5.56 Å². The van der Waals surface area contributed by atoms with E-state index in [1.165, 1.54) is 0 Å². The maximum Gasteiger partial charge on any atom is 0.255 e. The summed E-state index contributed by atoms with van der Waals surface area (Å²) in [5.74, 6) is 1.91. The Kier molecular flexibility index (Phi) is 3.99. The van der Waals surface area contributed by atoms with Crippen molar-refractivity contribution in [2.24, 2.45) is 0 Å². The predicted molar refractivity (Wildman–Crippen MR) is 83.2 cm³/mol. The molecule has 21 heavy (non-hydrogen) atoms. The van der Waals surface area contributed by atoms with Crippen molar-refractivity contribution in [1.29, 1.82) is 0 Å². The fourth-order valence-electron chi connectivity index (χ4n) is 2.57. The molecule has 1 aliphatic heterocycles. The molecule has 0 bridgehead atoms. The minimum Gasteiger partial charge on any atom is -0.453 e. The first kappa shape index (κ1) is 14.5. The molecule has 0 spiro atoms. The van der Waals surface area contributed by atoms with Gasteiger partial charge in [-0.2, -0.15) is 0 Å². The molecule has 0 amide bonds. The summed E-state index contributed by atoms with van der Waals surface area (Å²) in [6.45, 7) is 6.28. The van der Waals surface area contributed by atoms with E-state index in [9.17, 15) is 4.79 Å². The van der Waals surface area contributed by atoms with E-state index < -0.39 is 0 Å². The lowest BCUT2D eigenvalue weighted by atomic mass is 10.1. The molecule has 0 fully saturated rings. The van der Waals surface area contributed by atoms with E-state index in [-0.39, 0.29) is 11.5 Å². The molecule has 1 aliphatic rings. The Labute approximate surface area is 131 Å². The van der Waals surface area contributed by atoms with Crippen molar-refractivity contribution >= 4 is 15.9 Å². The molecule has 3 heterocycles. The summed E-state index contributed by atoms with van der Waals surface area (Å²) in [5.41, 5.74) is 1.73. The lowest BCUT2D eigenvalue weighted by Gasteiger charge is -2.27. The number of halogens is 1. The summed E-state index contributed by atoms with van der Waals surface area (Å²) in [7, 11) is 0. The minimum absolute atomic E-state index is 0.00553. The van der Waals surface area contributed by atoms with Crippen LogP contribution in [0.3, 0.4) is 0 Å². The monoisotopic (exact) mass is 351 g/mol. The number of aromatic nitrogens is 2. The molecular weight excluding hydrogens is 334 g/mol. The minimum atomic E-state index is -0.00553. The largest absolute Gasteiger partial charge is 0.453 e. The molecular formula is C15H18BrN3O2. The SMILES string of the molecule is CC(C)c1nc2c(c(=O)[nH]1)CN(Cc1ccc(Br)o1)CC2. The second kappa shape index (κ2) is 5.77. The summed E-state index contributed by atoms with van der Waals surface area (Å²) in [5, 5.41) is 0. The lowest BCUT2D eigenvalue weighted by molar-refractivity contribution is 0.221. The first-order valence-corrected chi connectivity index (χ1v) is 7.90. The number of aromatic amines is 1. The van der Waals surface area contributed by atoms with Crippen LogP contribution in [0.4, 0.5) is 0 Å². The van der Waals surface area contributed by atoms with Crippen molar-refractivity contribution in [3.05, 3.63) is 50.0 Å². The molecule has 0 aromatic carbocycles. The van der Waals surface area contributed by atoms with Gasteiger partial charge in [0.1, 0.15) is 11.6 Å². The van der Waals surface area contributed by atoms with Gasteiger partial charge < -0.3 is 9.40 Å². The smallest absolute Gasteiger partial charge is 0.255 e. The van der Waals surface area contributed by atoms with Crippen LogP contribution >= 0.6 is 15.9 Å². The molecule has 0 aliphatic carbocycles. The summed E-state index contributed by atoms with van der Waals surface area (Å²) in [6.07, 6.45) is 0.806. The number of hydrogen-bond acceptors (Lipinski definition) is 4. The van der Waals surface area contributed by atoms with Crippen LogP contribution in [-0.4, -0.2) is 21.4 Å². The Hall–Kier alpha value is -1.40. The molecule has 112 valence electrons. The van der Waals surface area contributed by atoms with Crippen LogP contribution < -0.4 is 5.56 Å². The van der Waals surface area contributed by atoms with Crippen molar-refractivity contribution in [2.75, 3.05) is 6.54 Å². The molecule has 1 N–H and O–H groups in total. The quantitative estimate of drug-likeness (QED) is 0.923. The van der Waals surface area contributed by atoms with Gasteiger partial charge in [0.05, 0.1) is 17.8 Å². The Morgan fingerprint density at radius 2 is 2.29 bits per heavy atom. The standard InChI is InChI=1S/C15H18BrN3O2/c1-9(2)14-17-12-5-6-19(8-11(12)15(20)18-14)7-10-3-4-13(16)21-10/h3-4,9H,5-8H2,1-2H3,(H,17,18,20). The van der Waals surface area contributed by atoms with Gasteiger partial charge in [-0.1, -0.05) is 13.8 Å². The molecule has 0 radical (unpaired) electrons. The molecule has 0 atom stereocenters. The van der Waals surface area contributed by atoms with Gasteiger partial charge in [0.2, 0.25) is 0 Å². The Morgan fingerprint density at radius 1 is 1.48 bits per heavy atom. The number of hydrogen-bond donors (Lipinski definition) is 1. The van der Waals surface area contributed by atoms with E-state index in [0.717, 1.165) is 40.5 Å². The van der Waals surface area contributed by atoms with Crippen LogP contribution in [0, 0.1) is 0 Å². The number of fused-ring (bicyclic) bond motifs is 1. The zero-order valence-electron chi connectivity index (χ0n) is 12.1. The molecule has 6 heteroatoms. The van der Waals surface area contributed by atoms with E-state index in [0.29, 0.717) is 13.1 Å². The Morgan fingerprint density at radius 3 is 2.95 bits per heavy atom. The van der Waals surface area contributed by atoms with Crippen molar-refractivity contribution in [3.63, 3.8) is 0 Å². The number of nitrogens with one attached hydrogen (secondary N) is 1. The van der Waals surface area contributed by atoms with E-state index in [1.807, 2.05) is 26.0 Å². The van der Waals surface area contributed by atoms with Gasteiger partial charge in [-0.3, -0.25) is 9.69 Å². The second-order valence-electron chi connectivity index (χ2n) is 5.70. The van der Waals surface area contributed by atoms with Crippen molar-refractivity contribution < 1.29 is 4.42 Å². The van der Waals surface area contributed by atoms with Crippen molar-refractivity contribution in [1.82, 2.24) is 14.9 Å². The first-order chi connectivity index (χ1) is 10.0. The molecule has 3 rings (SSSR count). The highest BCUT2D eigenvalue weighted by Crippen LogP contribution is 2.20. The van der Waals surface area contributed by atoms with Crippen LogP contribution in [-0.2, 0) is 19.5 Å². The normalized spacial score (nSPS) is 15.4. The van der Waals surface area contributed by atoms with Crippen LogP contribution in [0.15, 0.2) is 26.0 Å². The third-order valence-corrected chi connectivity index (χ3v) is 4.15. The predicted octanol–water partition coefficient (Wildman–Crippen LogP) is 2.81. The third-order valence-electron chi connectivity index (χ3n) is 3.72. The average Bonchev–Trinajstić information content (AvgIpc) is 2.84. The summed E-state index contributed by atoms with van der Waals surface area (Å²) in [6, 6.07) is 3.83. The Balaban J connectivity index is 1.81. The number of rotatable bonds is 3. The van der Waals surface area contributed by atoms with E-state index in [1.54, 1.807) is 0 Å². The highest BCUT2D eigenvalue weighted by atomic mass is 79.9. The molecule has 5 nitrogen and oxygen atoms in total. The molecule has 0 saturated carbocycles. The van der Waals surface area contributed by atoms with Crippen LogP contribution in [0.5, 0.6) is 0 Å². The zero-order valence-corrected chi connectivity index (χ0v) is 13.7. The summed E-state index contributed by atoms with van der Waals surface area (Å²) >= 11 is 3.31. The highest BCUT2D eigenvalue weighted by Gasteiger charge is 2.22. The van der Waals surface area contributed by atoms with Gasteiger partial charge in [-0.25, -0.2) is 4.98 Å². The molecule has 2 aromatic rings. The van der Waals surface area contributed by atoms with Crippen LogP contribution in [0.25, 0.3) is 0 Å². The lowest BCUT2D eigenvalue weighted by Crippen LogP contribution is -2.35. The van der Waals surface area contributed by atoms with Gasteiger partial charge in [-0.15, -0.1) is 0 Å². The fraction of sp³-hybridized carbons (Fsp3) is 0.467. The third kappa shape index (κ3) is 3.11.